The Morgan fingerprint density at radius 1 is 1.40 bits per heavy atom. The third-order valence-electron chi connectivity index (χ3n) is 3.79. The minimum atomic E-state index is -0.535. The van der Waals surface area contributed by atoms with Crippen molar-refractivity contribution in [2.45, 2.75) is 44.8 Å². The Hall–Kier alpha value is -1.95. The van der Waals surface area contributed by atoms with Gasteiger partial charge in [0.1, 0.15) is 0 Å². The number of rotatable bonds is 3. The van der Waals surface area contributed by atoms with Crippen molar-refractivity contribution in [2.75, 3.05) is 0 Å². The Bertz CT molecular complexity index is 530. The number of aliphatic hydroxyl groups excluding tert-OH is 1. The molecule has 1 aromatic carbocycles. The standard InChI is InChI=1S/C14H18N2O4/c1-9-10(5-4-7-12(9)16(19)20)14(18)15-11-6-2-3-8-13(11)17/h4-5,7,11,13,17H,2-3,6,8H2,1H3,(H,15,18)/t11-,13-/m1/s1. The summed E-state index contributed by atoms with van der Waals surface area (Å²) in [7, 11) is 0. The topological polar surface area (TPSA) is 92.5 Å². The molecule has 6 nitrogen and oxygen atoms in total. The van der Waals surface area contributed by atoms with Gasteiger partial charge in [-0.15, -0.1) is 0 Å². The normalized spacial score (nSPS) is 22.3. The number of nitrogens with zero attached hydrogens (tertiary/aromatic N) is 1. The van der Waals surface area contributed by atoms with Gasteiger partial charge in [0.2, 0.25) is 0 Å². The van der Waals surface area contributed by atoms with E-state index in [9.17, 15) is 20.0 Å². The summed E-state index contributed by atoms with van der Waals surface area (Å²) in [5.41, 5.74) is 0.569. The van der Waals surface area contributed by atoms with Crippen molar-refractivity contribution in [3.05, 3.63) is 39.4 Å². The third kappa shape index (κ3) is 2.96. The molecule has 0 unspecified atom stereocenters. The number of carbonyl (C=O) groups is 1. The lowest BCUT2D eigenvalue weighted by Crippen LogP contribution is -2.45. The molecule has 108 valence electrons. The minimum Gasteiger partial charge on any atom is -0.391 e. The number of nitrogens with one attached hydrogen (secondary N) is 1. The fourth-order valence-corrected chi connectivity index (χ4v) is 2.59. The number of nitro groups is 1. The van der Waals surface area contributed by atoms with Crippen LogP contribution in [0, 0.1) is 17.0 Å². The van der Waals surface area contributed by atoms with Crippen LogP contribution in [0.3, 0.4) is 0 Å². The van der Waals surface area contributed by atoms with Crippen molar-refractivity contribution < 1.29 is 14.8 Å². The summed E-state index contributed by atoms with van der Waals surface area (Å²) < 4.78 is 0. The molecule has 0 aromatic heterocycles. The Kier molecular flexibility index (Phi) is 4.34. The lowest BCUT2D eigenvalue weighted by molar-refractivity contribution is -0.385. The molecule has 0 aliphatic heterocycles. The predicted octanol–water partition coefficient (Wildman–Crippen LogP) is 1.94. The van der Waals surface area contributed by atoms with Crippen molar-refractivity contribution in [2.24, 2.45) is 0 Å². The van der Waals surface area contributed by atoms with Crippen LogP contribution in [-0.4, -0.2) is 28.1 Å². The van der Waals surface area contributed by atoms with E-state index in [-0.39, 0.29) is 23.2 Å². The summed E-state index contributed by atoms with van der Waals surface area (Å²) in [6, 6.07) is 4.17. The molecular formula is C14H18N2O4. The highest BCUT2D eigenvalue weighted by molar-refractivity contribution is 5.96. The highest BCUT2D eigenvalue weighted by Crippen LogP contribution is 2.22. The maximum Gasteiger partial charge on any atom is 0.273 e. The molecule has 20 heavy (non-hydrogen) atoms. The maximum absolute atomic E-state index is 12.2. The maximum atomic E-state index is 12.2. The van der Waals surface area contributed by atoms with Gasteiger partial charge in [0.05, 0.1) is 17.1 Å². The molecule has 1 fully saturated rings. The lowest BCUT2D eigenvalue weighted by atomic mass is 9.92. The second-order valence-corrected chi connectivity index (χ2v) is 5.14. The smallest absolute Gasteiger partial charge is 0.273 e. The molecule has 1 aromatic rings. The molecule has 2 rings (SSSR count). The van der Waals surface area contributed by atoms with Gasteiger partial charge in [-0.3, -0.25) is 14.9 Å². The van der Waals surface area contributed by atoms with Crippen molar-refractivity contribution in [3.8, 4) is 0 Å². The second kappa shape index (κ2) is 6.00. The van der Waals surface area contributed by atoms with Crippen molar-refractivity contribution in [1.82, 2.24) is 5.32 Å². The van der Waals surface area contributed by atoms with Gasteiger partial charge in [-0.1, -0.05) is 18.9 Å². The Morgan fingerprint density at radius 2 is 2.10 bits per heavy atom. The summed E-state index contributed by atoms with van der Waals surface area (Å²) in [6.45, 7) is 1.56. The van der Waals surface area contributed by atoms with Gasteiger partial charge in [-0.2, -0.15) is 0 Å². The molecule has 0 saturated heterocycles. The molecule has 6 heteroatoms. The van der Waals surface area contributed by atoms with E-state index in [1.54, 1.807) is 13.0 Å². The van der Waals surface area contributed by atoms with Crippen LogP contribution in [0.2, 0.25) is 0 Å². The number of carbonyl (C=O) groups excluding carboxylic acids is 1. The summed E-state index contributed by atoms with van der Waals surface area (Å²) in [5, 5.41) is 23.5. The first-order chi connectivity index (χ1) is 9.50. The lowest BCUT2D eigenvalue weighted by Gasteiger charge is -2.28. The van der Waals surface area contributed by atoms with E-state index < -0.39 is 11.0 Å². The number of benzene rings is 1. The largest absolute Gasteiger partial charge is 0.391 e. The molecule has 1 amide bonds. The van der Waals surface area contributed by atoms with E-state index in [0.29, 0.717) is 12.0 Å². The summed E-state index contributed by atoms with van der Waals surface area (Å²) >= 11 is 0. The first-order valence-electron chi connectivity index (χ1n) is 6.73. The highest BCUT2D eigenvalue weighted by Gasteiger charge is 2.26. The molecule has 2 atom stereocenters. The third-order valence-corrected chi connectivity index (χ3v) is 3.79. The molecule has 0 radical (unpaired) electrons. The average molecular weight is 278 g/mol. The van der Waals surface area contributed by atoms with Crippen LogP contribution in [-0.2, 0) is 0 Å². The summed E-state index contributed by atoms with van der Waals surface area (Å²) in [6.07, 6.45) is 2.81. The number of nitro benzene ring substituents is 1. The van der Waals surface area contributed by atoms with E-state index in [1.807, 2.05) is 0 Å². The first kappa shape index (κ1) is 14.5. The summed E-state index contributed by atoms with van der Waals surface area (Å²) in [5.74, 6) is -0.364. The van der Waals surface area contributed by atoms with Gasteiger partial charge >= 0.3 is 0 Å². The number of hydrogen-bond donors (Lipinski definition) is 2. The highest BCUT2D eigenvalue weighted by atomic mass is 16.6. The Labute approximate surface area is 117 Å². The van der Waals surface area contributed by atoms with Gasteiger partial charge in [-0.25, -0.2) is 0 Å². The Balaban J connectivity index is 2.17. The average Bonchev–Trinajstić information content (AvgIpc) is 2.41. The van der Waals surface area contributed by atoms with Gasteiger partial charge in [0.15, 0.2) is 0 Å². The van der Waals surface area contributed by atoms with Gasteiger partial charge < -0.3 is 10.4 Å². The number of aliphatic hydroxyl groups is 1. The number of amides is 1. The molecule has 2 N–H and O–H groups in total. The van der Waals surface area contributed by atoms with Crippen LogP contribution >= 0.6 is 0 Å². The van der Waals surface area contributed by atoms with E-state index in [0.717, 1.165) is 19.3 Å². The van der Waals surface area contributed by atoms with Gasteiger partial charge in [-0.05, 0) is 25.8 Å². The van der Waals surface area contributed by atoms with E-state index in [4.69, 9.17) is 0 Å². The van der Waals surface area contributed by atoms with Crippen LogP contribution in [0.15, 0.2) is 18.2 Å². The van der Waals surface area contributed by atoms with Crippen LogP contribution in [0.1, 0.15) is 41.6 Å². The van der Waals surface area contributed by atoms with E-state index in [2.05, 4.69) is 5.32 Å². The van der Waals surface area contributed by atoms with Crippen LogP contribution in [0.4, 0.5) is 5.69 Å². The zero-order chi connectivity index (χ0) is 14.7. The van der Waals surface area contributed by atoms with Crippen molar-refractivity contribution >= 4 is 11.6 Å². The monoisotopic (exact) mass is 278 g/mol. The van der Waals surface area contributed by atoms with Crippen LogP contribution < -0.4 is 5.32 Å². The fraction of sp³-hybridized carbons (Fsp3) is 0.500. The molecule has 1 aliphatic rings. The molecular weight excluding hydrogens is 260 g/mol. The minimum absolute atomic E-state index is 0.0677. The molecule has 0 bridgehead atoms. The molecule has 0 heterocycles. The summed E-state index contributed by atoms with van der Waals surface area (Å²) in [4.78, 5) is 22.6. The van der Waals surface area contributed by atoms with Crippen molar-refractivity contribution in [3.63, 3.8) is 0 Å². The van der Waals surface area contributed by atoms with Crippen LogP contribution in [0.5, 0.6) is 0 Å². The zero-order valence-corrected chi connectivity index (χ0v) is 11.3. The number of hydrogen-bond acceptors (Lipinski definition) is 4. The Morgan fingerprint density at radius 3 is 2.75 bits per heavy atom. The van der Waals surface area contributed by atoms with Gasteiger partial charge in [0, 0.05) is 17.2 Å². The first-order valence-corrected chi connectivity index (χ1v) is 6.73. The van der Waals surface area contributed by atoms with Crippen molar-refractivity contribution in [1.29, 1.82) is 0 Å². The molecule has 0 spiro atoms. The van der Waals surface area contributed by atoms with E-state index >= 15 is 0 Å². The fourth-order valence-electron chi connectivity index (χ4n) is 2.59. The zero-order valence-electron chi connectivity index (χ0n) is 11.3. The predicted molar refractivity (Wildman–Crippen MR) is 73.6 cm³/mol. The van der Waals surface area contributed by atoms with Gasteiger partial charge in [0.25, 0.3) is 11.6 Å². The SMILES string of the molecule is Cc1c(C(=O)N[C@@H]2CCCC[C@H]2O)cccc1[N+](=O)[O-]. The van der Waals surface area contributed by atoms with E-state index in [1.165, 1.54) is 12.1 Å². The second-order valence-electron chi connectivity index (χ2n) is 5.14. The quantitative estimate of drug-likeness (QED) is 0.652. The molecule has 1 aliphatic carbocycles. The molecule has 1 saturated carbocycles. The van der Waals surface area contributed by atoms with Crippen LogP contribution in [0.25, 0.3) is 0 Å².